The van der Waals surface area contributed by atoms with Crippen molar-refractivity contribution in [2.45, 2.75) is 51.0 Å². The number of carbonyl (C=O) groups is 1. The quantitative estimate of drug-likeness (QED) is 0.118. The van der Waals surface area contributed by atoms with Crippen molar-refractivity contribution < 1.29 is 27.5 Å². The van der Waals surface area contributed by atoms with Crippen molar-refractivity contribution in [2.24, 2.45) is 5.16 Å². The Labute approximate surface area is 247 Å². The Morgan fingerprint density at radius 3 is 2.51 bits per heavy atom. The van der Waals surface area contributed by atoms with E-state index in [0.29, 0.717) is 31.1 Å². The zero-order valence-electron chi connectivity index (χ0n) is 23.6. The first-order valence-corrected chi connectivity index (χ1v) is 15.6. The van der Waals surface area contributed by atoms with E-state index in [9.17, 15) is 13.2 Å². The summed E-state index contributed by atoms with van der Waals surface area (Å²) < 4.78 is 37.6. The molecule has 1 unspecified atom stereocenters. The van der Waals surface area contributed by atoms with E-state index in [-0.39, 0.29) is 41.1 Å². The van der Waals surface area contributed by atoms with Crippen LogP contribution in [0.1, 0.15) is 43.4 Å². The molecule has 0 aromatic heterocycles. The van der Waals surface area contributed by atoms with Crippen LogP contribution in [0.5, 0.6) is 5.75 Å². The van der Waals surface area contributed by atoms with Crippen LogP contribution in [0.25, 0.3) is 0 Å². The van der Waals surface area contributed by atoms with Gasteiger partial charge in [0.2, 0.25) is 0 Å². The van der Waals surface area contributed by atoms with Crippen LogP contribution in [-0.2, 0) is 30.6 Å². The van der Waals surface area contributed by atoms with E-state index >= 15 is 0 Å². The number of hydrogen-bond donors (Lipinski definition) is 1. The number of benzene rings is 3. The smallest absolute Gasteiger partial charge is 0.305 e. The van der Waals surface area contributed by atoms with Crippen LogP contribution in [0.2, 0.25) is 5.02 Å². The van der Waals surface area contributed by atoms with Gasteiger partial charge >= 0.3 is 5.97 Å². The molecule has 3 aromatic carbocycles. The number of aryl methyl sites for hydroxylation is 1. The third-order valence-corrected chi connectivity index (χ3v) is 8.37. The maximum absolute atomic E-state index is 13.2. The third-order valence-electron chi connectivity index (χ3n) is 6.06. The summed E-state index contributed by atoms with van der Waals surface area (Å²) >= 11 is 6.19. The first-order valence-electron chi connectivity index (χ1n) is 13.6. The van der Waals surface area contributed by atoms with Gasteiger partial charge in [-0.3, -0.25) is 4.79 Å². The predicted molar refractivity (Wildman–Crippen MR) is 163 cm³/mol. The molecule has 3 rings (SSSR count). The number of hydrogen-bond acceptors (Lipinski definition) is 8. The molecule has 0 saturated heterocycles. The van der Waals surface area contributed by atoms with E-state index in [1.807, 2.05) is 56.3 Å². The SMILES string of the molecule is CCON=Cc1ccc(CCOc2cc(C)cc(NC(CCC(=O)OCC)CS(=O)(=O)c3ccccc3Cl)c2)cc1. The van der Waals surface area contributed by atoms with Crippen LogP contribution in [0.4, 0.5) is 5.69 Å². The van der Waals surface area contributed by atoms with E-state index < -0.39 is 15.9 Å². The Morgan fingerprint density at radius 1 is 1.05 bits per heavy atom. The molecule has 0 aliphatic carbocycles. The Bertz CT molecular complexity index is 1410. The summed E-state index contributed by atoms with van der Waals surface area (Å²) in [5.74, 6) is 0.0364. The highest BCUT2D eigenvalue weighted by molar-refractivity contribution is 7.91. The van der Waals surface area contributed by atoms with Crippen molar-refractivity contribution in [1.82, 2.24) is 0 Å². The topological polar surface area (TPSA) is 103 Å². The van der Waals surface area contributed by atoms with Crippen LogP contribution < -0.4 is 10.1 Å². The highest BCUT2D eigenvalue weighted by atomic mass is 35.5. The van der Waals surface area contributed by atoms with Crippen LogP contribution >= 0.6 is 11.6 Å². The molecule has 0 spiro atoms. The minimum Gasteiger partial charge on any atom is -0.493 e. The third kappa shape index (κ3) is 10.7. The average Bonchev–Trinajstić information content (AvgIpc) is 2.93. The maximum atomic E-state index is 13.2. The Kier molecular flexibility index (Phi) is 12.5. The van der Waals surface area contributed by atoms with Gasteiger partial charge < -0.3 is 19.6 Å². The molecule has 220 valence electrons. The molecular weight excluding hydrogens is 564 g/mol. The van der Waals surface area contributed by atoms with E-state index in [1.165, 1.54) is 6.07 Å². The lowest BCUT2D eigenvalue weighted by atomic mass is 10.1. The van der Waals surface area contributed by atoms with Gasteiger partial charge in [0.1, 0.15) is 12.4 Å². The van der Waals surface area contributed by atoms with Crippen LogP contribution in [0, 0.1) is 6.92 Å². The number of nitrogens with zero attached hydrogens (tertiary/aromatic N) is 1. The van der Waals surface area contributed by atoms with Gasteiger partial charge in [-0.15, -0.1) is 0 Å². The standard InChI is InChI=1S/C31H37ClN2O6S/c1-4-38-31(35)15-14-26(22-41(36,37)30-9-7-6-8-29(30)32)34-27-18-23(3)19-28(20-27)39-17-16-24-10-12-25(13-11-24)21-33-40-5-2/h6-13,18-21,26,34H,4-5,14-17,22H2,1-3H3. The van der Waals surface area contributed by atoms with Crippen LogP contribution in [0.15, 0.2) is 76.8 Å². The molecule has 0 aliphatic heterocycles. The minimum atomic E-state index is -3.74. The van der Waals surface area contributed by atoms with Crippen molar-refractivity contribution >= 4 is 39.3 Å². The van der Waals surface area contributed by atoms with E-state index in [4.69, 9.17) is 25.9 Å². The Balaban J connectivity index is 1.68. The monoisotopic (exact) mass is 600 g/mol. The zero-order valence-corrected chi connectivity index (χ0v) is 25.2. The van der Waals surface area contributed by atoms with Crippen molar-refractivity contribution in [3.8, 4) is 5.75 Å². The molecule has 1 N–H and O–H groups in total. The molecule has 0 aliphatic rings. The summed E-state index contributed by atoms with van der Waals surface area (Å²) in [7, 11) is -3.74. The first kappa shape index (κ1) is 32.0. The number of rotatable bonds is 16. The second-order valence-electron chi connectivity index (χ2n) is 9.42. The lowest BCUT2D eigenvalue weighted by Crippen LogP contribution is -2.30. The molecule has 10 heteroatoms. The van der Waals surface area contributed by atoms with Crippen LogP contribution in [-0.4, -0.2) is 52.2 Å². The summed E-state index contributed by atoms with van der Waals surface area (Å²) in [6, 6.07) is 19.4. The fraction of sp³-hybridized carbons (Fsp3) is 0.355. The normalized spacial score (nSPS) is 12.2. The van der Waals surface area contributed by atoms with E-state index in [2.05, 4.69) is 10.5 Å². The second-order valence-corrected chi connectivity index (χ2v) is 11.8. The highest BCUT2D eigenvalue weighted by Gasteiger charge is 2.24. The summed E-state index contributed by atoms with van der Waals surface area (Å²) in [4.78, 5) is 17.1. The average molecular weight is 601 g/mol. The predicted octanol–water partition coefficient (Wildman–Crippen LogP) is 6.24. The summed E-state index contributed by atoms with van der Waals surface area (Å²) in [6.07, 6.45) is 2.72. The van der Waals surface area contributed by atoms with Gasteiger partial charge in [-0.25, -0.2) is 8.42 Å². The highest BCUT2D eigenvalue weighted by Crippen LogP contribution is 2.26. The van der Waals surface area contributed by atoms with Crippen molar-refractivity contribution in [3.05, 3.63) is 88.4 Å². The number of nitrogens with one attached hydrogen (secondary N) is 1. The molecule has 3 aromatic rings. The van der Waals surface area contributed by atoms with Gasteiger partial charge in [0.15, 0.2) is 9.84 Å². The van der Waals surface area contributed by atoms with E-state index in [0.717, 1.165) is 16.7 Å². The number of halogens is 1. The number of sulfone groups is 1. The van der Waals surface area contributed by atoms with Crippen LogP contribution in [0.3, 0.4) is 0 Å². The fourth-order valence-corrected chi connectivity index (χ4v) is 6.25. The van der Waals surface area contributed by atoms with Gasteiger partial charge in [-0.2, -0.15) is 0 Å². The summed E-state index contributed by atoms with van der Waals surface area (Å²) in [5.41, 5.74) is 3.71. The van der Waals surface area contributed by atoms with Gasteiger partial charge in [-0.05, 0) is 68.1 Å². The number of carbonyl (C=O) groups excluding carboxylic acids is 1. The number of oxime groups is 1. The first-order chi connectivity index (χ1) is 19.7. The van der Waals surface area contributed by atoms with E-state index in [1.54, 1.807) is 31.3 Å². The lowest BCUT2D eigenvalue weighted by molar-refractivity contribution is -0.143. The number of anilines is 1. The Hall–Kier alpha value is -3.56. The number of esters is 1. The van der Waals surface area contributed by atoms with Crippen molar-refractivity contribution in [2.75, 3.05) is 30.9 Å². The van der Waals surface area contributed by atoms with Gasteiger partial charge in [-0.1, -0.05) is 53.2 Å². The molecule has 0 saturated carbocycles. The molecule has 41 heavy (non-hydrogen) atoms. The largest absolute Gasteiger partial charge is 0.493 e. The molecule has 1 atom stereocenters. The van der Waals surface area contributed by atoms with Gasteiger partial charge in [0.25, 0.3) is 0 Å². The zero-order chi connectivity index (χ0) is 29.7. The molecule has 0 radical (unpaired) electrons. The van der Waals surface area contributed by atoms with Gasteiger partial charge in [0, 0.05) is 30.6 Å². The molecular formula is C31H37ClN2O6S. The van der Waals surface area contributed by atoms with Crippen molar-refractivity contribution in [3.63, 3.8) is 0 Å². The molecule has 0 fully saturated rings. The Morgan fingerprint density at radius 2 is 1.80 bits per heavy atom. The second kappa shape index (κ2) is 16.0. The molecule has 0 bridgehead atoms. The summed E-state index contributed by atoms with van der Waals surface area (Å²) in [5, 5.41) is 7.35. The summed E-state index contributed by atoms with van der Waals surface area (Å²) in [6.45, 7) is 6.80. The lowest BCUT2D eigenvalue weighted by Gasteiger charge is -2.21. The molecule has 8 nitrogen and oxygen atoms in total. The van der Waals surface area contributed by atoms with Gasteiger partial charge in [0.05, 0.1) is 35.1 Å². The molecule has 0 heterocycles. The molecule has 0 amide bonds. The fourth-order valence-electron chi connectivity index (χ4n) is 4.15. The maximum Gasteiger partial charge on any atom is 0.305 e. The van der Waals surface area contributed by atoms with Crippen molar-refractivity contribution in [1.29, 1.82) is 0 Å². The number of ether oxygens (including phenoxy) is 2. The minimum absolute atomic E-state index is 0.0625.